The van der Waals surface area contributed by atoms with Crippen LogP contribution in [0.2, 0.25) is 5.02 Å². The van der Waals surface area contributed by atoms with Gasteiger partial charge in [0.1, 0.15) is 17.2 Å². The average Bonchev–Trinajstić information content (AvgIpc) is 2.97. The number of aryl methyl sites for hydroxylation is 1. The summed E-state index contributed by atoms with van der Waals surface area (Å²) >= 11 is 7.38. The Labute approximate surface area is 164 Å². The van der Waals surface area contributed by atoms with E-state index in [-0.39, 0.29) is 11.7 Å². The number of nitrogens with zero attached hydrogens (tertiary/aromatic N) is 1. The fraction of sp³-hybridized carbons (Fsp3) is 0.476. The molecular weight excluding hydrogens is 366 g/mol. The molecule has 0 saturated heterocycles. The summed E-state index contributed by atoms with van der Waals surface area (Å²) < 4.78 is 0. The van der Waals surface area contributed by atoms with Gasteiger partial charge in [0.25, 0.3) is 0 Å². The number of aromatic nitrogens is 1. The number of benzene rings is 1. The summed E-state index contributed by atoms with van der Waals surface area (Å²) in [6, 6.07) is 7.44. The molecule has 0 radical (unpaired) electrons. The van der Waals surface area contributed by atoms with Gasteiger partial charge in [-0.05, 0) is 37.8 Å². The van der Waals surface area contributed by atoms with Crippen LogP contribution in [0.15, 0.2) is 24.3 Å². The van der Waals surface area contributed by atoms with Crippen LogP contribution in [0.3, 0.4) is 0 Å². The molecule has 5 heteroatoms. The van der Waals surface area contributed by atoms with E-state index >= 15 is 0 Å². The van der Waals surface area contributed by atoms with Crippen LogP contribution in [0.4, 0.5) is 0 Å². The van der Waals surface area contributed by atoms with Crippen LogP contribution in [0.5, 0.6) is 0 Å². The summed E-state index contributed by atoms with van der Waals surface area (Å²) in [7, 11) is 0. The Balaban J connectivity index is 2.33. The first-order valence-electron chi connectivity index (χ1n) is 9.09. The van der Waals surface area contributed by atoms with Gasteiger partial charge in [-0.15, -0.1) is 11.3 Å². The fourth-order valence-electron chi connectivity index (χ4n) is 3.22. The molecule has 1 unspecified atom stereocenters. The standard InChI is InChI=1S/C21H26ClNO2S/c1-5-6-16(11-13(2)3)19(25)18(12-24)20-14(4)23-21(26-20)15-7-9-17(22)10-8-15/h7-10,12-13,16,18H,5-6,11H2,1-4H3/t16-,18?/m1/s1. The first-order chi connectivity index (χ1) is 12.4. The van der Waals surface area contributed by atoms with Crippen molar-refractivity contribution in [2.75, 3.05) is 0 Å². The lowest BCUT2D eigenvalue weighted by atomic mass is 9.83. The maximum Gasteiger partial charge on any atom is 0.151 e. The van der Waals surface area contributed by atoms with E-state index < -0.39 is 5.92 Å². The lowest BCUT2D eigenvalue weighted by Crippen LogP contribution is -2.24. The number of ketones is 1. The van der Waals surface area contributed by atoms with E-state index in [0.717, 1.165) is 46.7 Å². The second-order valence-electron chi connectivity index (χ2n) is 7.11. The molecule has 0 bridgehead atoms. The third-order valence-electron chi connectivity index (χ3n) is 4.44. The van der Waals surface area contributed by atoms with E-state index in [4.69, 9.17) is 11.6 Å². The smallest absolute Gasteiger partial charge is 0.151 e. The van der Waals surface area contributed by atoms with Crippen LogP contribution < -0.4 is 0 Å². The van der Waals surface area contributed by atoms with Gasteiger partial charge in [-0.25, -0.2) is 4.98 Å². The van der Waals surface area contributed by atoms with E-state index in [2.05, 4.69) is 25.8 Å². The highest BCUT2D eigenvalue weighted by molar-refractivity contribution is 7.15. The van der Waals surface area contributed by atoms with Crippen molar-refractivity contribution >= 4 is 35.0 Å². The maximum atomic E-state index is 13.1. The number of carbonyl (C=O) groups is 2. The van der Waals surface area contributed by atoms with E-state index in [0.29, 0.717) is 10.9 Å². The number of aldehydes is 1. The van der Waals surface area contributed by atoms with Crippen molar-refractivity contribution < 1.29 is 9.59 Å². The van der Waals surface area contributed by atoms with E-state index in [1.165, 1.54) is 11.3 Å². The number of carbonyl (C=O) groups excluding carboxylic acids is 2. The Bertz CT molecular complexity index is 752. The van der Waals surface area contributed by atoms with Crippen molar-refractivity contribution in [3.63, 3.8) is 0 Å². The van der Waals surface area contributed by atoms with Gasteiger partial charge in [0, 0.05) is 21.4 Å². The fourth-order valence-corrected chi connectivity index (χ4v) is 4.48. The molecule has 1 aromatic carbocycles. The van der Waals surface area contributed by atoms with Gasteiger partial charge in [0.15, 0.2) is 5.78 Å². The second-order valence-corrected chi connectivity index (χ2v) is 8.57. The van der Waals surface area contributed by atoms with Crippen molar-refractivity contribution in [1.82, 2.24) is 4.98 Å². The minimum Gasteiger partial charge on any atom is -0.302 e. The summed E-state index contributed by atoms with van der Waals surface area (Å²) in [5, 5.41) is 1.48. The number of Topliss-reactive ketones (excluding diaryl/α,β-unsaturated/α-hetero) is 1. The molecule has 0 spiro atoms. The maximum absolute atomic E-state index is 13.1. The number of rotatable bonds is 9. The molecule has 0 saturated carbocycles. The van der Waals surface area contributed by atoms with Crippen LogP contribution in [0, 0.1) is 18.8 Å². The van der Waals surface area contributed by atoms with Crippen molar-refractivity contribution in [2.24, 2.45) is 11.8 Å². The molecule has 1 aromatic heterocycles. The molecule has 2 rings (SSSR count). The molecule has 0 N–H and O–H groups in total. The van der Waals surface area contributed by atoms with Crippen molar-refractivity contribution in [3.8, 4) is 10.6 Å². The van der Waals surface area contributed by atoms with Gasteiger partial charge in [-0.3, -0.25) is 4.79 Å². The Kier molecular flexibility index (Phi) is 7.54. The molecule has 2 aromatic rings. The van der Waals surface area contributed by atoms with E-state index in [1.54, 1.807) is 0 Å². The molecule has 0 aliphatic carbocycles. The highest BCUT2D eigenvalue weighted by Gasteiger charge is 2.31. The molecule has 0 aliphatic rings. The zero-order valence-electron chi connectivity index (χ0n) is 15.8. The molecule has 0 fully saturated rings. The lowest BCUT2D eigenvalue weighted by molar-refractivity contribution is -0.128. The van der Waals surface area contributed by atoms with Gasteiger partial charge >= 0.3 is 0 Å². The van der Waals surface area contributed by atoms with E-state index in [1.807, 2.05) is 31.2 Å². The number of hydrogen-bond donors (Lipinski definition) is 0. The van der Waals surface area contributed by atoms with Crippen molar-refractivity contribution in [3.05, 3.63) is 39.9 Å². The van der Waals surface area contributed by atoms with Gasteiger partial charge in [0.05, 0.1) is 5.69 Å². The number of thiazole rings is 1. The minimum atomic E-state index is -0.719. The first kappa shape index (κ1) is 20.8. The third kappa shape index (κ3) is 5.01. The molecule has 140 valence electrons. The van der Waals surface area contributed by atoms with E-state index in [9.17, 15) is 9.59 Å². The lowest BCUT2D eigenvalue weighted by Gasteiger charge is -2.20. The largest absolute Gasteiger partial charge is 0.302 e. The quantitative estimate of drug-likeness (QED) is 0.384. The normalized spacial score (nSPS) is 13.6. The molecule has 1 heterocycles. The summed E-state index contributed by atoms with van der Waals surface area (Å²) in [4.78, 5) is 30.3. The second kappa shape index (κ2) is 9.43. The predicted molar refractivity (Wildman–Crippen MR) is 109 cm³/mol. The number of hydrogen-bond acceptors (Lipinski definition) is 4. The zero-order chi connectivity index (χ0) is 19.3. The summed E-state index contributed by atoms with van der Waals surface area (Å²) in [6.45, 7) is 8.17. The Morgan fingerprint density at radius 1 is 1.27 bits per heavy atom. The Morgan fingerprint density at radius 3 is 2.46 bits per heavy atom. The van der Waals surface area contributed by atoms with Gasteiger partial charge in [-0.2, -0.15) is 0 Å². The minimum absolute atomic E-state index is 0.0324. The molecule has 2 atom stereocenters. The van der Waals surface area contributed by atoms with Crippen molar-refractivity contribution in [1.29, 1.82) is 0 Å². The first-order valence-corrected chi connectivity index (χ1v) is 10.3. The number of halogens is 1. The summed E-state index contributed by atoms with van der Waals surface area (Å²) in [6.07, 6.45) is 3.37. The van der Waals surface area contributed by atoms with Gasteiger partial charge in [0.2, 0.25) is 0 Å². The molecule has 3 nitrogen and oxygen atoms in total. The third-order valence-corrected chi connectivity index (χ3v) is 5.99. The predicted octanol–water partition coefficient (Wildman–Crippen LogP) is 6.09. The topological polar surface area (TPSA) is 47.0 Å². The summed E-state index contributed by atoms with van der Waals surface area (Å²) in [5.74, 6) is -0.334. The summed E-state index contributed by atoms with van der Waals surface area (Å²) in [5.41, 5.74) is 1.70. The molecule has 0 amide bonds. The Morgan fingerprint density at radius 2 is 1.92 bits per heavy atom. The Hall–Kier alpha value is -1.52. The van der Waals surface area contributed by atoms with Crippen LogP contribution in [0.1, 0.15) is 56.5 Å². The highest BCUT2D eigenvalue weighted by Crippen LogP contribution is 2.35. The highest BCUT2D eigenvalue weighted by atomic mass is 35.5. The van der Waals surface area contributed by atoms with Crippen LogP contribution >= 0.6 is 22.9 Å². The molecule has 0 aliphatic heterocycles. The van der Waals surface area contributed by atoms with Crippen LogP contribution in [-0.2, 0) is 9.59 Å². The van der Waals surface area contributed by atoms with Crippen molar-refractivity contribution in [2.45, 2.75) is 52.9 Å². The van der Waals surface area contributed by atoms with Gasteiger partial charge in [-0.1, -0.05) is 50.9 Å². The van der Waals surface area contributed by atoms with Crippen LogP contribution in [0.25, 0.3) is 10.6 Å². The monoisotopic (exact) mass is 391 g/mol. The van der Waals surface area contributed by atoms with Gasteiger partial charge < -0.3 is 4.79 Å². The van der Waals surface area contributed by atoms with Crippen LogP contribution in [-0.4, -0.2) is 17.1 Å². The molecular formula is C21H26ClNO2S. The average molecular weight is 392 g/mol. The zero-order valence-corrected chi connectivity index (χ0v) is 17.4. The molecule has 26 heavy (non-hydrogen) atoms. The SMILES string of the molecule is CCC[C@H](CC(C)C)C(=O)C(C=O)c1sc(-c2ccc(Cl)cc2)nc1C.